The first-order chi connectivity index (χ1) is 7.00. The van der Waals surface area contributed by atoms with Crippen LogP contribution in [0.25, 0.3) is 0 Å². The number of hydrogen-bond acceptors (Lipinski definition) is 3. The normalized spacial score (nSPS) is 12.5. The van der Waals surface area contributed by atoms with Crippen LogP contribution in [0.4, 0.5) is 0 Å². The summed E-state index contributed by atoms with van der Waals surface area (Å²) in [5.41, 5.74) is 0.458. The van der Waals surface area contributed by atoms with Gasteiger partial charge in [-0.05, 0) is 44.3 Å². The van der Waals surface area contributed by atoms with Crippen molar-refractivity contribution < 1.29 is 15.0 Å². The summed E-state index contributed by atoms with van der Waals surface area (Å²) in [7, 11) is 0. The third kappa shape index (κ3) is 3.89. The largest absolute Gasteiger partial charge is 0.481 e. The average molecular weight is 339 g/mol. The first-order valence-electron chi connectivity index (χ1n) is 4.21. The number of carboxylic acid groups (broad SMARTS) is 1. The lowest BCUT2D eigenvalue weighted by atomic mass is 10.1. The molecule has 1 aromatic rings. The molecular weight excluding hydrogens is 330 g/mol. The molecule has 0 aromatic carbocycles. The molecule has 0 saturated carbocycles. The van der Waals surface area contributed by atoms with Gasteiger partial charge in [-0.15, -0.1) is 0 Å². The van der Waals surface area contributed by atoms with Crippen LogP contribution in [0, 0.1) is 0 Å². The van der Waals surface area contributed by atoms with Gasteiger partial charge in [0.05, 0.1) is 11.8 Å². The van der Waals surface area contributed by atoms with Crippen molar-refractivity contribution in [1.82, 2.24) is 4.98 Å². The highest BCUT2D eigenvalue weighted by Gasteiger charge is 2.14. The van der Waals surface area contributed by atoms with E-state index in [1.165, 1.54) is 0 Å². The van der Waals surface area contributed by atoms with E-state index in [-0.39, 0.29) is 12.8 Å². The van der Waals surface area contributed by atoms with Crippen LogP contribution in [-0.4, -0.2) is 21.2 Å². The summed E-state index contributed by atoms with van der Waals surface area (Å²) in [5, 5.41) is 18.1. The van der Waals surface area contributed by atoms with Crippen LogP contribution >= 0.6 is 31.9 Å². The van der Waals surface area contributed by atoms with Crippen molar-refractivity contribution in [3.63, 3.8) is 0 Å². The summed E-state index contributed by atoms with van der Waals surface area (Å²) in [5.74, 6) is -0.928. The minimum Gasteiger partial charge on any atom is -0.481 e. The minimum absolute atomic E-state index is 0.0780. The smallest absolute Gasteiger partial charge is 0.303 e. The van der Waals surface area contributed by atoms with Crippen molar-refractivity contribution in [3.8, 4) is 0 Å². The van der Waals surface area contributed by atoms with E-state index in [1.807, 2.05) is 0 Å². The SMILES string of the molecule is O=C(O)CCC(O)c1ncc(Br)cc1Br. The number of aliphatic carboxylic acids is 1. The molecule has 1 atom stereocenters. The van der Waals surface area contributed by atoms with Gasteiger partial charge in [0, 0.05) is 21.6 Å². The maximum Gasteiger partial charge on any atom is 0.303 e. The molecule has 2 N–H and O–H groups in total. The predicted molar refractivity (Wildman–Crippen MR) is 61.5 cm³/mol. The van der Waals surface area contributed by atoms with Crippen LogP contribution < -0.4 is 0 Å². The maximum atomic E-state index is 10.3. The summed E-state index contributed by atoms with van der Waals surface area (Å²) >= 11 is 6.49. The van der Waals surface area contributed by atoms with Crippen molar-refractivity contribution >= 4 is 37.8 Å². The number of aliphatic hydroxyl groups is 1. The second-order valence-electron chi connectivity index (χ2n) is 2.97. The molecule has 0 saturated heterocycles. The molecule has 0 aliphatic carbocycles. The van der Waals surface area contributed by atoms with E-state index in [0.717, 1.165) is 4.47 Å². The van der Waals surface area contributed by atoms with E-state index in [4.69, 9.17) is 5.11 Å². The Hall–Kier alpha value is -0.460. The number of carbonyl (C=O) groups is 1. The Morgan fingerprint density at radius 2 is 2.20 bits per heavy atom. The molecule has 0 fully saturated rings. The van der Waals surface area contributed by atoms with Gasteiger partial charge in [0.2, 0.25) is 0 Å². The topological polar surface area (TPSA) is 70.4 Å². The van der Waals surface area contributed by atoms with Gasteiger partial charge in [-0.3, -0.25) is 9.78 Å². The van der Waals surface area contributed by atoms with Crippen molar-refractivity contribution in [1.29, 1.82) is 0 Å². The Labute approximate surface area is 104 Å². The third-order valence-corrected chi connectivity index (χ3v) is 2.85. The van der Waals surface area contributed by atoms with E-state index in [0.29, 0.717) is 10.2 Å². The molecule has 0 radical (unpaired) electrons. The first kappa shape index (κ1) is 12.6. The van der Waals surface area contributed by atoms with Crippen molar-refractivity contribution in [3.05, 3.63) is 26.9 Å². The number of aliphatic hydroxyl groups excluding tert-OH is 1. The number of carboxylic acids is 1. The standard InChI is InChI=1S/C9H9Br2NO3/c10-5-3-6(11)9(12-4-5)7(13)1-2-8(14)15/h3-4,7,13H,1-2H2,(H,14,15). The zero-order chi connectivity index (χ0) is 11.4. The Balaban J connectivity index is 2.73. The highest BCUT2D eigenvalue weighted by atomic mass is 79.9. The molecule has 1 rings (SSSR count). The predicted octanol–water partition coefficient (Wildman–Crippen LogP) is 2.50. The number of hydrogen-bond donors (Lipinski definition) is 2. The van der Waals surface area contributed by atoms with Gasteiger partial charge in [0.1, 0.15) is 0 Å². The van der Waals surface area contributed by atoms with Crippen LogP contribution in [0.15, 0.2) is 21.2 Å². The van der Waals surface area contributed by atoms with Gasteiger partial charge < -0.3 is 10.2 Å². The highest BCUT2D eigenvalue weighted by Crippen LogP contribution is 2.26. The Morgan fingerprint density at radius 3 is 2.73 bits per heavy atom. The molecule has 15 heavy (non-hydrogen) atoms. The summed E-state index contributed by atoms with van der Waals surface area (Å²) in [6, 6.07) is 1.76. The zero-order valence-electron chi connectivity index (χ0n) is 7.65. The van der Waals surface area contributed by atoms with Crippen LogP contribution in [0.3, 0.4) is 0 Å². The number of nitrogens with zero attached hydrogens (tertiary/aromatic N) is 1. The van der Waals surface area contributed by atoms with Gasteiger partial charge in [-0.2, -0.15) is 0 Å². The molecule has 0 bridgehead atoms. The molecule has 6 heteroatoms. The molecule has 0 aliphatic rings. The fourth-order valence-electron chi connectivity index (χ4n) is 1.07. The van der Waals surface area contributed by atoms with Crippen LogP contribution in [0.2, 0.25) is 0 Å². The van der Waals surface area contributed by atoms with Gasteiger partial charge in [0.25, 0.3) is 0 Å². The first-order valence-corrected chi connectivity index (χ1v) is 5.80. The lowest BCUT2D eigenvalue weighted by molar-refractivity contribution is -0.137. The zero-order valence-corrected chi connectivity index (χ0v) is 10.8. The summed E-state index contributed by atoms with van der Waals surface area (Å²) in [6.45, 7) is 0. The summed E-state index contributed by atoms with van der Waals surface area (Å²) in [6.07, 6.45) is 0.779. The number of rotatable bonds is 4. The van der Waals surface area contributed by atoms with Gasteiger partial charge in [-0.25, -0.2) is 0 Å². The molecule has 1 heterocycles. The molecule has 0 spiro atoms. The minimum atomic E-state index is -0.928. The molecular formula is C9H9Br2NO3. The number of halogens is 2. The lowest BCUT2D eigenvalue weighted by Crippen LogP contribution is -2.05. The van der Waals surface area contributed by atoms with Crippen LogP contribution in [0.5, 0.6) is 0 Å². The van der Waals surface area contributed by atoms with Crippen molar-refractivity contribution in [2.75, 3.05) is 0 Å². The average Bonchev–Trinajstić information content (AvgIpc) is 2.14. The highest BCUT2D eigenvalue weighted by molar-refractivity contribution is 9.11. The monoisotopic (exact) mass is 337 g/mol. The molecule has 82 valence electrons. The van der Waals surface area contributed by atoms with E-state index in [1.54, 1.807) is 12.3 Å². The second-order valence-corrected chi connectivity index (χ2v) is 4.74. The van der Waals surface area contributed by atoms with E-state index in [9.17, 15) is 9.90 Å². The molecule has 1 unspecified atom stereocenters. The lowest BCUT2D eigenvalue weighted by Gasteiger charge is -2.10. The van der Waals surface area contributed by atoms with Gasteiger partial charge in [-0.1, -0.05) is 0 Å². The van der Waals surface area contributed by atoms with Crippen molar-refractivity contribution in [2.24, 2.45) is 0 Å². The second kappa shape index (κ2) is 5.58. The maximum absolute atomic E-state index is 10.3. The van der Waals surface area contributed by atoms with E-state index >= 15 is 0 Å². The van der Waals surface area contributed by atoms with Gasteiger partial charge in [0.15, 0.2) is 0 Å². The quantitative estimate of drug-likeness (QED) is 0.884. The fraction of sp³-hybridized carbons (Fsp3) is 0.333. The van der Waals surface area contributed by atoms with E-state index < -0.39 is 12.1 Å². The fourth-order valence-corrected chi connectivity index (χ4v) is 2.32. The third-order valence-electron chi connectivity index (χ3n) is 1.78. The van der Waals surface area contributed by atoms with E-state index in [2.05, 4.69) is 36.8 Å². The summed E-state index contributed by atoms with van der Waals surface area (Å²) < 4.78 is 1.46. The Bertz CT molecular complexity index is 370. The molecule has 0 amide bonds. The van der Waals surface area contributed by atoms with Gasteiger partial charge >= 0.3 is 5.97 Å². The van der Waals surface area contributed by atoms with Crippen molar-refractivity contribution in [2.45, 2.75) is 18.9 Å². The molecule has 1 aromatic heterocycles. The van der Waals surface area contributed by atoms with Crippen LogP contribution in [0.1, 0.15) is 24.6 Å². The summed E-state index contributed by atoms with van der Waals surface area (Å²) in [4.78, 5) is 14.3. The van der Waals surface area contributed by atoms with Crippen LogP contribution in [-0.2, 0) is 4.79 Å². The molecule has 0 aliphatic heterocycles. The number of pyridine rings is 1. The Morgan fingerprint density at radius 1 is 1.53 bits per heavy atom. The Kier molecular flexibility index (Phi) is 4.69. The number of aromatic nitrogens is 1. The molecule has 4 nitrogen and oxygen atoms in total.